The Kier molecular flexibility index (Phi) is 0.984. The molecule has 3 bridgehead atoms. The molecule has 4 atom stereocenters. The van der Waals surface area contributed by atoms with Crippen LogP contribution in [0.25, 0.3) is 0 Å². The highest BCUT2D eigenvalue weighted by Crippen LogP contribution is 2.48. The third-order valence-corrected chi connectivity index (χ3v) is 3.68. The lowest BCUT2D eigenvalue weighted by atomic mass is 9.81. The third-order valence-electron chi connectivity index (χ3n) is 3.68. The Morgan fingerprint density at radius 3 is 3.00 bits per heavy atom. The van der Waals surface area contributed by atoms with Gasteiger partial charge in [0.25, 0.3) is 0 Å². The predicted molar refractivity (Wildman–Crippen MR) is 40.9 cm³/mol. The van der Waals surface area contributed by atoms with Gasteiger partial charge in [0, 0.05) is 12.0 Å². The zero-order valence-corrected chi connectivity index (χ0v) is 6.55. The first-order valence-electron chi connectivity index (χ1n) is 4.63. The van der Waals surface area contributed by atoms with E-state index in [1.54, 1.807) is 0 Å². The van der Waals surface area contributed by atoms with E-state index < -0.39 is 0 Å². The van der Waals surface area contributed by atoms with Gasteiger partial charge in [-0.1, -0.05) is 0 Å². The van der Waals surface area contributed by atoms with E-state index >= 15 is 0 Å². The molecule has 0 radical (unpaired) electrons. The smallest absolute Gasteiger partial charge is 0.223 e. The molecule has 1 aliphatic heterocycles. The van der Waals surface area contributed by atoms with E-state index in [9.17, 15) is 4.79 Å². The lowest BCUT2D eigenvalue weighted by Crippen LogP contribution is -2.46. The summed E-state index contributed by atoms with van der Waals surface area (Å²) in [6.45, 7) is 0. The zero-order valence-electron chi connectivity index (χ0n) is 6.55. The maximum atomic E-state index is 11.4. The highest BCUT2D eigenvalue weighted by molar-refractivity contribution is 5.81. The van der Waals surface area contributed by atoms with Crippen molar-refractivity contribution in [2.24, 2.45) is 17.8 Å². The standard InChI is InChI=1S/C9H13NO/c11-9-8-3-5-1-6(8)4-7(2-5)10-9/h5-8H,1-4H2,(H,10,11). The monoisotopic (exact) mass is 151 g/mol. The number of nitrogens with one attached hydrogen (secondary N) is 1. The number of carbonyl (C=O) groups is 1. The number of rotatable bonds is 0. The topological polar surface area (TPSA) is 29.1 Å². The molecule has 0 aromatic rings. The molecule has 1 N–H and O–H groups in total. The number of hydrogen-bond donors (Lipinski definition) is 1. The summed E-state index contributed by atoms with van der Waals surface area (Å²) in [5, 5.41) is 3.10. The van der Waals surface area contributed by atoms with Gasteiger partial charge < -0.3 is 5.32 Å². The molecule has 11 heavy (non-hydrogen) atoms. The van der Waals surface area contributed by atoms with Crippen LogP contribution in [0.15, 0.2) is 0 Å². The Labute approximate surface area is 66.4 Å². The first kappa shape index (κ1) is 6.04. The Balaban J connectivity index is 2.00. The second kappa shape index (κ2) is 1.79. The maximum absolute atomic E-state index is 11.4. The van der Waals surface area contributed by atoms with Gasteiger partial charge in [0.2, 0.25) is 5.91 Å². The summed E-state index contributed by atoms with van der Waals surface area (Å²) in [5.41, 5.74) is 0. The molecule has 1 amide bonds. The lowest BCUT2D eigenvalue weighted by molar-refractivity contribution is -0.129. The van der Waals surface area contributed by atoms with Crippen LogP contribution in [0.4, 0.5) is 0 Å². The summed E-state index contributed by atoms with van der Waals surface area (Å²) in [6.07, 6.45) is 5.06. The predicted octanol–water partition coefficient (Wildman–Crippen LogP) is 0.921. The van der Waals surface area contributed by atoms with Crippen molar-refractivity contribution in [3.8, 4) is 0 Å². The van der Waals surface area contributed by atoms with Gasteiger partial charge in [0.1, 0.15) is 0 Å². The van der Waals surface area contributed by atoms with Crippen LogP contribution in [0.2, 0.25) is 0 Å². The van der Waals surface area contributed by atoms with Gasteiger partial charge in [-0.3, -0.25) is 4.79 Å². The van der Waals surface area contributed by atoms with E-state index in [2.05, 4.69) is 5.32 Å². The Hall–Kier alpha value is -0.530. The van der Waals surface area contributed by atoms with Gasteiger partial charge in [-0.15, -0.1) is 0 Å². The highest BCUT2D eigenvalue weighted by Gasteiger charge is 2.48. The van der Waals surface area contributed by atoms with E-state index in [4.69, 9.17) is 0 Å². The van der Waals surface area contributed by atoms with Crippen molar-refractivity contribution < 1.29 is 4.79 Å². The van der Waals surface area contributed by atoms with Crippen LogP contribution in [-0.2, 0) is 4.79 Å². The highest BCUT2D eigenvalue weighted by atomic mass is 16.2. The van der Waals surface area contributed by atoms with Crippen molar-refractivity contribution in [3.63, 3.8) is 0 Å². The quantitative estimate of drug-likeness (QED) is 0.548. The van der Waals surface area contributed by atoms with Gasteiger partial charge in [0.15, 0.2) is 0 Å². The molecule has 3 rings (SSSR count). The van der Waals surface area contributed by atoms with Crippen molar-refractivity contribution in [3.05, 3.63) is 0 Å². The minimum absolute atomic E-state index is 0.353. The average molecular weight is 151 g/mol. The fourth-order valence-corrected chi connectivity index (χ4v) is 3.30. The van der Waals surface area contributed by atoms with Gasteiger partial charge in [0.05, 0.1) is 0 Å². The van der Waals surface area contributed by atoms with E-state index in [0.29, 0.717) is 17.9 Å². The Morgan fingerprint density at radius 2 is 2.09 bits per heavy atom. The summed E-state index contributed by atoms with van der Waals surface area (Å²) in [4.78, 5) is 11.4. The number of hydrogen-bond acceptors (Lipinski definition) is 1. The molecule has 1 heterocycles. The van der Waals surface area contributed by atoms with Gasteiger partial charge >= 0.3 is 0 Å². The van der Waals surface area contributed by atoms with Crippen molar-refractivity contribution >= 4 is 5.91 Å². The molecule has 0 spiro atoms. The van der Waals surface area contributed by atoms with E-state index in [1.807, 2.05) is 0 Å². The molecule has 0 aromatic carbocycles. The van der Waals surface area contributed by atoms with E-state index in [0.717, 1.165) is 11.8 Å². The van der Waals surface area contributed by atoms with E-state index in [1.165, 1.54) is 25.7 Å². The molecular weight excluding hydrogens is 138 g/mol. The summed E-state index contributed by atoms with van der Waals surface area (Å²) < 4.78 is 0. The van der Waals surface area contributed by atoms with Crippen LogP contribution in [0.1, 0.15) is 25.7 Å². The SMILES string of the molecule is O=C1NC2CC3CC(C2)C1C3. The first-order chi connectivity index (χ1) is 5.33. The fourth-order valence-electron chi connectivity index (χ4n) is 3.30. The van der Waals surface area contributed by atoms with Gasteiger partial charge in [-0.25, -0.2) is 0 Å². The number of carbonyl (C=O) groups excluding carboxylic acids is 1. The second-order valence-electron chi connectivity index (χ2n) is 4.38. The number of fused-ring (bicyclic) bond motifs is 2. The van der Waals surface area contributed by atoms with Crippen molar-refractivity contribution in [2.75, 3.05) is 0 Å². The van der Waals surface area contributed by atoms with Crippen LogP contribution in [0.3, 0.4) is 0 Å². The molecule has 0 aromatic heterocycles. The molecule has 1 saturated heterocycles. The summed E-state index contributed by atoms with van der Waals surface area (Å²) in [6, 6.07) is 0.546. The second-order valence-corrected chi connectivity index (χ2v) is 4.38. The zero-order chi connectivity index (χ0) is 7.42. The van der Waals surface area contributed by atoms with Crippen LogP contribution >= 0.6 is 0 Å². The van der Waals surface area contributed by atoms with Crippen molar-refractivity contribution in [2.45, 2.75) is 31.7 Å². The molecule has 3 aliphatic rings. The minimum atomic E-state index is 0.353. The molecule has 2 heteroatoms. The third kappa shape index (κ3) is 0.700. The normalized spacial score (nSPS) is 52.9. The lowest BCUT2D eigenvalue weighted by Gasteiger charge is -2.34. The Morgan fingerprint density at radius 1 is 1.18 bits per heavy atom. The summed E-state index contributed by atoms with van der Waals surface area (Å²) in [7, 11) is 0. The average Bonchev–Trinajstić information content (AvgIpc) is 2.19. The van der Waals surface area contributed by atoms with Gasteiger partial charge in [-0.2, -0.15) is 0 Å². The minimum Gasteiger partial charge on any atom is -0.353 e. The molecule has 2 nitrogen and oxygen atoms in total. The molecule has 4 unspecified atom stereocenters. The largest absolute Gasteiger partial charge is 0.353 e. The number of piperidine rings is 1. The summed E-state index contributed by atoms with van der Waals surface area (Å²) in [5.74, 6) is 2.39. The first-order valence-corrected chi connectivity index (χ1v) is 4.63. The fraction of sp³-hybridized carbons (Fsp3) is 0.889. The van der Waals surface area contributed by atoms with Crippen LogP contribution in [0.5, 0.6) is 0 Å². The maximum Gasteiger partial charge on any atom is 0.223 e. The molecule has 3 fully saturated rings. The molecule has 60 valence electrons. The van der Waals surface area contributed by atoms with E-state index in [-0.39, 0.29) is 0 Å². The van der Waals surface area contributed by atoms with Gasteiger partial charge in [-0.05, 0) is 37.5 Å². The number of amides is 1. The molecular formula is C9H13NO. The van der Waals surface area contributed by atoms with Crippen LogP contribution in [-0.4, -0.2) is 11.9 Å². The van der Waals surface area contributed by atoms with Crippen molar-refractivity contribution in [1.29, 1.82) is 0 Å². The van der Waals surface area contributed by atoms with Crippen LogP contribution in [0, 0.1) is 17.8 Å². The Bertz CT molecular complexity index is 212. The molecule has 2 saturated carbocycles. The summed E-state index contributed by atoms with van der Waals surface area (Å²) >= 11 is 0. The van der Waals surface area contributed by atoms with Crippen LogP contribution < -0.4 is 5.32 Å². The van der Waals surface area contributed by atoms with Crippen molar-refractivity contribution in [1.82, 2.24) is 5.32 Å². The molecule has 2 aliphatic carbocycles.